The molecule has 1 unspecified atom stereocenters. The van der Waals surface area contributed by atoms with E-state index < -0.39 is 10.1 Å². The van der Waals surface area contributed by atoms with Crippen LogP contribution in [0, 0.1) is 0 Å². The number of piperidine rings is 1. The molecule has 150 valence electrons. The van der Waals surface area contributed by atoms with Crippen LogP contribution in [0.25, 0.3) is 0 Å². The molecule has 25 heavy (non-hydrogen) atoms. The van der Waals surface area contributed by atoms with Crippen LogP contribution < -0.4 is 4.90 Å². The van der Waals surface area contributed by atoms with Crippen LogP contribution in [0.5, 0.6) is 0 Å². The van der Waals surface area contributed by atoms with E-state index in [4.69, 9.17) is 0 Å². The number of quaternary nitrogens is 1. The lowest BCUT2D eigenvalue weighted by Gasteiger charge is -2.32. The highest BCUT2D eigenvalue weighted by molar-refractivity contribution is 7.85. The average Bonchev–Trinajstić information content (AvgIpc) is 2.58. The van der Waals surface area contributed by atoms with Gasteiger partial charge in [0, 0.05) is 6.42 Å². The molecule has 0 amide bonds. The molecule has 0 aliphatic carbocycles. The van der Waals surface area contributed by atoms with E-state index in [0.717, 1.165) is 25.9 Å². The van der Waals surface area contributed by atoms with Crippen molar-refractivity contribution in [3.05, 3.63) is 0 Å². The minimum absolute atomic E-state index is 0.0290. The third-order valence-electron chi connectivity index (χ3n) is 5.63. The van der Waals surface area contributed by atoms with E-state index in [0.29, 0.717) is 0 Å². The molecule has 1 aliphatic rings. The number of likely N-dealkylation sites (tertiary alicyclic amines) is 1. The topological polar surface area (TPSA) is 61.6 Å². The lowest BCUT2D eigenvalue weighted by molar-refractivity contribution is -0.927. The second-order valence-corrected chi connectivity index (χ2v) is 9.41. The Balaban J connectivity index is 2.09. The highest BCUT2D eigenvalue weighted by Crippen LogP contribution is 2.13. The molecule has 0 saturated carbocycles. The predicted octanol–water partition coefficient (Wildman–Crippen LogP) is 3.67. The van der Waals surface area contributed by atoms with Crippen molar-refractivity contribution in [3.63, 3.8) is 0 Å². The van der Waals surface area contributed by atoms with Crippen LogP contribution in [0.15, 0.2) is 0 Å². The van der Waals surface area contributed by atoms with Crippen molar-refractivity contribution in [2.24, 2.45) is 0 Å². The lowest BCUT2D eigenvalue weighted by atomic mass is 10.0. The molecule has 0 aromatic rings. The van der Waals surface area contributed by atoms with Crippen molar-refractivity contribution < 1.29 is 17.9 Å². The molecule has 0 spiro atoms. The zero-order valence-corrected chi connectivity index (χ0v) is 17.3. The summed E-state index contributed by atoms with van der Waals surface area (Å²) in [5.41, 5.74) is 0. The smallest absolute Gasteiger partial charge is 0.100 e. The Morgan fingerprint density at radius 3 is 1.76 bits per heavy atom. The Morgan fingerprint density at radius 2 is 1.28 bits per heavy atom. The Kier molecular flexibility index (Phi) is 12.8. The Labute approximate surface area is 156 Å². The minimum atomic E-state index is -4.11. The highest BCUT2D eigenvalue weighted by atomic mass is 32.2. The SMILES string of the molecule is CCCCCCCCCCCCCC(CS(=O)(=O)[O-])[NH+]1CCCCC1. The van der Waals surface area contributed by atoms with Crippen molar-refractivity contribution in [2.75, 3.05) is 18.8 Å². The fourth-order valence-electron chi connectivity index (χ4n) is 4.12. The fraction of sp³-hybridized carbons (Fsp3) is 1.00. The van der Waals surface area contributed by atoms with E-state index in [1.54, 1.807) is 0 Å². The van der Waals surface area contributed by atoms with Crippen molar-refractivity contribution in [3.8, 4) is 0 Å². The number of nitrogens with one attached hydrogen (secondary N) is 1. The summed E-state index contributed by atoms with van der Waals surface area (Å²) in [4.78, 5) is 1.36. The van der Waals surface area contributed by atoms with Crippen LogP contribution in [0.4, 0.5) is 0 Å². The van der Waals surface area contributed by atoms with E-state index in [-0.39, 0.29) is 11.8 Å². The first kappa shape index (κ1) is 22.9. The second kappa shape index (κ2) is 14.0. The number of unbranched alkanes of at least 4 members (excludes halogenated alkanes) is 10. The highest BCUT2D eigenvalue weighted by Gasteiger charge is 2.25. The maximum atomic E-state index is 11.2. The lowest BCUT2D eigenvalue weighted by Crippen LogP contribution is -3.17. The van der Waals surface area contributed by atoms with Crippen LogP contribution in [-0.4, -0.2) is 37.9 Å². The first-order chi connectivity index (χ1) is 12.0. The molecule has 1 rings (SSSR count). The summed E-state index contributed by atoms with van der Waals surface area (Å²) in [6, 6.07) is 0.0290. The maximum absolute atomic E-state index is 11.2. The third-order valence-corrected chi connectivity index (χ3v) is 6.45. The molecule has 1 fully saturated rings. The molecule has 0 aromatic carbocycles. The molecule has 1 atom stereocenters. The van der Waals surface area contributed by atoms with E-state index in [1.165, 1.54) is 88.4 Å². The monoisotopic (exact) mass is 375 g/mol. The molecule has 1 heterocycles. The summed E-state index contributed by atoms with van der Waals surface area (Å²) >= 11 is 0. The predicted molar refractivity (Wildman–Crippen MR) is 104 cm³/mol. The molecule has 0 aromatic heterocycles. The normalized spacial score (nSPS) is 17.7. The molecule has 4 nitrogen and oxygen atoms in total. The quantitative estimate of drug-likeness (QED) is 0.351. The first-order valence-corrected chi connectivity index (χ1v) is 12.4. The molecule has 1 saturated heterocycles. The van der Waals surface area contributed by atoms with Gasteiger partial charge in [-0.2, -0.15) is 0 Å². The molecule has 1 N–H and O–H groups in total. The van der Waals surface area contributed by atoms with Crippen molar-refractivity contribution in [2.45, 2.75) is 109 Å². The Morgan fingerprint density at radius 1 is 0.800 bits per heavy atom. The molecule has 1 aliphatic heterocycles. The first-order valence-electron chi connectivity index (χ1n) is 10.8. The standard InChI is InChI=1S/C20H41NO3S/c1-2-3-4-5-6-7-8-9-10-11-13-16-20(19-25(22,23)24)21-17-14-12-15-18-21/h20H,2-19H2,1H3,(H,22,23,24). The van der Waals surface area contributed by atoms with Gasteiger partial charge in [0.1, 0.15) is 16.2 Å². The van der Waals surface area contributed by atoms with E-state index >= 15 is 0 Å². The fourth-order valence-corrected chi connectivity index (χ4v) is 5.02. The Bertz CT molecular complexity index is 405. The van der Waals surface area contributed by atoms with Gasteiger partial charge in [0.05, 0.1) is 18.8 Å². The summed E-state index contributed by atoms with van der Waals surface area (Å²) in [5, 5.41) is 0. The summed E-state index contributed by atoms with van der Waals surface area (Å²) < 4.78 is 33.7. The van der Waals surface area contributed by atoms with Crippen LogP contribution in [0.2, 0.25) is 0 Å². The second-order valence-electron chi connectivity index (χ2n) is 7.96. The van der Waals surface area contributed by atoms with E-state index in [1.807, 2.05) is 0 Å². The van der Waals surface area contributed by atoms with Crippen molar-refractivity contribution in [1.29, 1.82) is 0 Å². The largest absolute Gasteiger partial charge is 0.748 e. The molecule has 5 heteroatoms. The van der Waals surface area contributed by atoms with Gasteiger partial charge in [0.25, 0.3) is 0 Å². The van der Waals surface area contributed by atoms with E-state index in [9.17, 15) is 13.0 Å². The maximum Gasteiger partial charge on any atom is 0.100 e. The number of hydrogen-bond donors (Lipinski definition) is 1. The zero-order valence-electron chi connectivity index (χ0n) is 16.4. The zero-order chi connectivity index (χ0) is 18.4. The van der Waals surface area contributed by atoms with E-state index in [2.05, 4.69) is 6.92 Å². The summed E-state index contributed by atoms with van der Waals surface area (Å²) in [6.07, 6.45) is 18.8. The summed E-state index contributed by atoms with van der Waals surface area (Å²) in [7, 11) is -4.11. The van der Waals surface area contributed by atoms with Gasteiger partial charge in [0.2, 0.25) is 0 Å². The van der Waals surface area contributed by atoms with Crippen LogP contribution >= 0.6 is 0 Å². The number of hydrogen-bond acceptors (Lipinski definition) is 3. The average molecular weight is 376 g/mol. The summed E-state index contributed by atoms with van der Waals surface area (Å²) in [6.45, 7) is 4.33. The van der Waals surface area contributed by atoms with Crippen molar-refractivity contribution in [1.82, 2.24) is 0 Å². The Hall–Kier alpha value is -0.130. The molecular weight excluding hydrogens is 334 g/mol. The summed E-state index contributed by atoms with van der Waals surface area (Å²) in [5.74, 6) is -0.167. The van der Waals surface area contributed by atoms with Crippen LogP contribution in [-0.2, 0) is 10.1 Å². The van der Waals surface area contributed by atoms with Gasteiger partial charge >= 0.3 is 0 Å². The van der Waals surface area contributed by atoms with Crippen LogP contribution in [0.1, 0.15) is 103 Å². The molecule has 0 bridgehead atoms. The van der Waals surface area contributed by atoms with Gasteiger partial charge in [-0.1, -0.05) is 71.1 Å². The van der Waals surface area contributed by atoms with Crippen LogP contribution in [0.3, 0.4) is 0 Å². The molecular formula is C20H41NO3S. The van der Waals surface area contributed by atoms with Gasteiger partial charge in [-0.3, -0.25) is 0 Å². The third kappa shape index (κ3) is 12.8. The minimum Gasteiger partial charge on any atom is -0.748 e. The van der Waals surface area contributed by atoms with Gasteiger partial charge in [0.15, 0.2) is 0 Å². The van der Waals surface area contributed by atoms with Gasteiger partial charge in [-0.25, -0.2) is 8.42 Å². The van der Waals surface area contributed by atoms with Gasteiger partial charge in [-0.15, -0.1) is 0 Å². The molecule has 0 radical (unpaired) electrons. The van der Waals surface area contributed by atoms with Gasteiger partial charge in [-0.05, 0) is 25.7 Å². The van der Waals surface area contributed by atoms with Crippen molar-refractivity contribution >= 4 is 10.1 Å². The number of rotatable bonds is 15. The van der Waals surface area contributed by atoms with Gasteiger partial charge < -0.3 is 9.45 Å².